The summed E-state index contributed by atoms with van der Waals surface area (Å²) >= 11 is 6.11. The van der Waals surface area contributed by atoms with E-state index in [1.165, 1.54) is 6.07 Å². The molecule has 1 amide bonds. The van der Waals surface area contributed by atoms with Crippen molar-refractivity contribution in [2.75, 3.05) is 0 Å². The molecule has 0 radical (unpaired) electrons. The van der Waals surface area contributed by atoms with Gasteiger partial charge in [0, 0.05) is 5.02 Å². The molecule has 0 saturated carbocycles. The van der Waals surface area contributed by atoms with Crippen LogP contribution in [0.2, 0.25) is 5.02 Å². The zero-order valence-corrected chi connectivity index (χ0v) is 12.4. The molecular weight excluding hydrogens is 320 g/mol. The van der Waals surface area contributed by atoms with Gasteiger partial charge in [-0.25, -0.2) is 0 Å². The highest BCUT2D eigenvalue weighted by molar-refractivity contribution is 8.23. The summed E-state index contributed by atoms with van der Waals surface area (Å²) in [5.74, 6) is -1.57. The topological polar surface area (TPSA) is 133 Å². The van der Waals surface area contributed by atoms with Gasteiger partial charge in [-0.2, -0.15) is 0 Å². The van der Waals surface area contributed by atoms with E-state index in [2.05, 4.69) is 4.72 Å². The molecule has 0 bridgehead atoms. The maximum atomic E-state index is 11.3. The minimum Gasteiger partial charge on any atom is -0.480 e. The van der Waals surface area contributed by atoms with Crippen molar-refractivity contribution in [2.45, 2.75) is 24.1 Å². The van der Waals surface area contributed by atoms with E-state index < -0.39 is 33.9 Å². The minimum absolute atomic E-state index is 0.0595. The van der Waals surface area contributed by atoms with Crippen LogP contribution in [-0.4, -0.2) is 32.1 Å². The van der Waals surface area contributed by atoms with E-state index in [9.17, 15) is 18.7 Å². The molecule has 1 aromatic carbocycles. The summed E-state index contributed by atoms with van der Waals surface area (Å²) < 4.78 is 21.8. The molecule has 1 unspecified atom stereocenters. The van der Waals surface area contributed by atoms with Crippen LogP contribution < -0.4 is 10.5 Å². The Hall–Kier alpha value is -1.32. The van der Waals surface area contributed by atoms with Gasteiger partial charge < -0.3 is 10.8 Å². The first kappa shape index (κ1) is 16.1. The molecule has 1 aromatic rings. The summed E-state index contributed by atoms with van der Waals surface area (Å²) in [6.45, 7) is 0. The normalized spacial score (nSPS) is 23.4. The van der Waals surface area contributed by atoms with Gasteiger partial charge in [-0.1, -0.05) is 23.7 Å². The Kier molecular flexibility index (Phi) is 4.45. The third kappa shape index (κ3) is 3.47. The molecule has 6 N–H and O–H groups in total. The monoisotopic (exact) mass is 334 g/mol. The summed E-state index contributed by atoms with van der Waals surface area (Å²) in [4.78, 5) is 22.0. The van der Waals surface area contributed by atoms with Crippen molar-refractivity contribution >= 4 is 34.3 Å². The summed E-state index contributed by atoms with van der Waals surface area (Å²) in [5, 5.41) is 8.21. The molecule has 7 nitrogen and oxygen atoms in total. The molecule has 2 atom stereocenters. The van der Waals surface area contributed by atoms with Gasteiger partial charge in [-0.15, -0.1) is 10.8 Å². The lowest BCUT2D eigenvalue weighted by atomic mass is 10.0. The molecule has 116 valence electrons. The Labute approximate surface area is 127 Å². The fourth-order valence-corrected chi connectivity index (χ4v) is 4.06. The van der Waals surface area contributed by atoms with Crippen molar-refractivity contribution in [1.29, 1.82) is 0 Å². The number of carbonyl (C=O) groups excluding carboxylic acids is 1. The fraction of sp³-hybridized carbons (Fsp3) is 0.333. The Morgan fingerprint density at radius 1 is 1.52 bits per heavy atom. The number of hydrogen-bond donors (Lipinski definition) is 5. The molecule has 1 fully saturated rings. The number of amides is 1. The van der Waals surface area contributed by atoms with Crippen LogP contribution in [0.5, 0.6) is 0 Å². The highest BCUT2D eigenvalue weighted by Crippen LogP contribution is 2.57. The highest BCUT2D eigenvalue weighted by Gasteiger charge is 2.39. The largest absolute Gasteiger partial charge is 0.480 e. The Morgan fingerprint density at radius 2 is 2.19 bits per heavy atom. The predicted molar refractivity (Wildman–Crippen MR) is 79.1 cm³/mol. The van der Waals surface area contributed by atoms with Crippen molar-refractivity contribution in [1.82, 2.24) is 4.72 Å². The van der Waals surface area contributed by atoms with Crippen LogP contribution in [0.15, 0.2) is 18.2 Å². The van der Waals surface area contributed by atoms with E-state index in [-0.39, 0.29) is 17.9 Å². The number of halogens is 1. The second-order valence-electron chi connectivity index (χ2n) is 4.82. The molecule has 1 aliphatic heterocycles. The van der Waals surface area contributed by atoms with Crippen LogP contribution >= 0.6 is 22.4 Å². The molecule has 1 saturated heterocycles. The first-order valence-corrected chi connectivity index (χ1v) is 8.04. The number of hydrogen-bond acceptors (Lipinski definition) is 5. The van der Waals surface area contributed by atoms with Crippen molar-refractivity contribution in [2.24, 2.45) is 5.73 Å². The number of benzene rings is 1. The summed E-state index contributed by atoms with van der Waals surface area (Å²) in [7, 11) is -3.26. The highest BCUT2D eigenvalue weighted by atomic mass is 35.5. The molecule has 0 aliphatic carbocycles. The lowest BCUT2D eigenvalue weighted by Crippen LogP contribution is -2.32. The first-order chi connectivity index (χ1) is 9.70. The number of nitrogens with two attached hydrogens (primary N) is 1. The average molecular weight is 335 g/mol. The lowest BCUT2D eigenvalue weighted by molar-refractivity contribution is -0.138. The summed E-state index contributed by atoms with van der Waals surface area (Å²) in [6, 6.07) is 3.66. The zero-order valence-electron chi connectivity index (χ0n) is 10.8. The predicted octanol–water partition coefficient (Wildman–Crippen LogP) is 1.52. The molecular formula is C12H15ClN2O5S. The van der Waals surface area contributed by atoms with E-state index in [0.717, 1.165) is 0 Å². The minimum atomic E-state index is -3.26. The zero-order chi connectivity index (χ0) is 15.8. The molecule has 21 heavy (non-hydrogen) atoms. The van der Waals surface area contributed by atoms with Crippen molar-refractivity contribution < 1.29 is 23.8 Å². The second-order valence-corrected chi connectivity index (χ2v) is 7.18. The van der Waals surface area contributed by atoms with Gasteiger partial charge in [-0.05, 0) is 23.6 Å². The van der Waals surface area contributed by atoms with Crippen LogP contribution in [0.1, 0.15) is 22.8 Å². The fourth-order valence-electron chi connectivity index (χ4n) is 2.15. The number of rotatable bonds is 4. The van der Waals surface area contributed by atoms with Gasteiger partial charge in [0.05, 0.1) is 6.42 Å². The van der Waals surface area contributed by atoms with Crippen LogP contribution in [0, 0.1) is 0 Å². The number of aliphatic carboxylic acids is 1. The van der Waals surface area contributed by atoms with E-state index in [4.69, 9.17) is 22.4 Å². The van der Waals surface area contributed by atoms with Gasteiger partial charge in [0.25, 0.3) is 0 Å². The molecule has 0 aromatic heterocycles. The van der Waals surface area contributed by atoms with E-state index >= 15 is 0 Å². The van der Waals surface area contributed by atoms with Crippen LogP contribution in [0.25, 0.3) is 0 Å². The van der Waals surface area contributed by atoms with E-state index in [0.29, 0.717) is 11.1 Å². The summed E-state index contributed by atoms with van der Waals surface area (Å²) in [6.07, 6.45) is 0.0451. The number of carbonyl (C=O) groups is 2. The van der Waals surface area contributed by atoms with Gasteiger partial charge in [0.15, 0.2) is 0 Å². The van der Waals surface area contributed by atoms with Crippen molar-refractivity contribution in [3.05, 3.63) is 34.3 Å². The SMILES string of the molecule is N[C@@H](Cc1ccc(C2CC(=O)NS2(O)O)c(Cl)c1)C(=O)O. The number of nitrogens with one attached hydrogen (secondary N) is 1. The molecule has 1 aliphatic rings. The third-order valence-electron chi connectivity index (χ3n) is 3.22. The standard InChI is InChI=1S/C12H15ClN2O5S/c13-8-3-6(4-9(14)12(17)18)1-2-7(8)10-5-11(16)15-21(10,19)20/h1-3,9-10,19-20H,4-5,14H2,(H,15,16)(H,17,18)/t9-,10?/m0/s1. The second kappa shape index (κ2) is 5.82. The van der Waals surface area contributed by atoms with Crippen LogP contribution in [0.4, 0.5) is 0 Å². The number of carboxylic acid groups (broad SMARTS) is 1. The van der Waals surface area contributed by atoms with Gasteiger partial charge in [-0.3, -0.25) is 23.4 Å². The first-order valence-electron chi connectivity index (χ1n) is 6.05. The van der Waals surface area contributed by atoms with Gasteiger partial charge in [0.1, 0.15) is 11.3 Å². The Bertz CT molecular complexity index is 595. The van der Waals surface area contributed by atoms with Crippen molar-refractivity contribution in [3.63, 3.8) is 0 Å². The Morgan fingerprint density at radius 3 is 2.67 bits per heavy atom. The van der Waals surface area contributed by atoms with Gasteiger partial charge in [0.2, 0.25) is 5.91 Å². The molecule has 1 heterocycles. The van der Waals surface area contributed by atoms with E-state index in [1.54, 1.807) is 12.1 Å². The molecule has 0 spiro atoms. The maximum Gasteiger partial charge on any atom is 0.320 e. The van der Waals surface area contributed by atoms with Crippen LogP contribution in [0.3, 0.4) is 0 Å². The van der Waals surface area contributed by atoms with Crippen molar-refractivity contribution in [3.8, 4) is 0 Å². The third-order valence-corrected chi connectivity index (χ3v) is 5.29. The lowest BCUT2D eigenvalue weighted by Gasteiger charge is -2.33. The maximum absolute atomic E-state index is 11.3. The van der Waals surface area contributed by atoms with Gasteiger partial charge >= 0.3 is 5.97 Å². The molecule has 2 rings (SSSR count). The smallest absolute Gasteiger partial charge is 0.320 e. The average Bonchev–Trinajstić information content (AvgIpc) is 2.62. The quantitative estimate of drug-likeness (QED) is 0.567. The number of carboxylic acids is 1. The van der Waals surface area contributed by atoms with Crippen LogP contribution in [-0.2, 0) is 16.0 Å². The van der Waals surface area contributed by atoms with E-state index in [1.807, 2.05) is 0 Å². The molecule has 9 heteroatoms. The Balaban J connectivity index is 2.24. The summed E-state index contributed by atoms with van der Waals surface area (Å²) in [5.41, 5.74) is 6.50.